The number of fused-ring (bicyclic) bond motifs is 1. The van der Waals surface area contributed by atoms with Crippen LogP contribution in [0.2, 0.25) is 0 Å². The number of ether oxygens (including phenoxy) is 1. The fourth-order valence-electron chi connectivity index (χ4n) is 2.77. The first-order valence-electron chi connectivity index (χ1n) is 7.43. The molecule has 1 heterocycles. The average molecular weight is 341 g/mol. The number of nitrogens with two attached hydrogens (primary N) is 1. The Morgan fingerprint density at radius 1 is 1.25 bits per heavy atom. The van der Waals surface area contributed by atoms with Gasteiger partial charge in [0.15, 0.2) is 0 Å². The van der Waals surface area contributed by atoms with Crippen molar-refractivity contribution in [2.45, 2.75) is 4.90 Å². The van der Waals surface area contributed by atoms with E-state index in [1.807, 2.05) is 48.2 Å². The molecule has 3 aromatic rings. The van der Waals surface area contributed by atoms with Crippen LogP contribution in [0.4, 0.5) is 11.4 Å². The van der Waals surface area contributed by atoms with E-state index in [0.717, 1.165) is 21.5 Å². The number of anilines is 2. The monoisotopic (exact) mass is 341 g/mol. The number of aromatic nitrogens is 1. The van der Waals surface area contributed by atoms with Crippen molar-refractivity contribution in [1.82, 2.24) is 4.57 Å². The molecule has 1 amide bonds. The number of benzene rings is 2. The lowest BCUT2D eigenvalue weighted by atomic mass is 10.2. The zero-order valence-electron chi connectivity index (χ0n) is 13.8. The number of carbonyl (C=O) groups is 1. The maximum Gasteiger partial charge on any atom is 0.273 e. The van der Waals surface area contributed by atoms with Gasteiger partial charge in [0.25, 0.3) is 5.91 Å². The van der Waals surface area contributed by atoms with Crippen molar-refractivity contribution in [3.63, 3.8) is 0 Å². The molecule has 0 aliphatic heterocycles. The molecule has 0 radical (unpaired) electrons. The van der Waals surface area contributed by atoms with Crippen LogP contribution < -0.4 is 15.8 Å². The molecule has 0 spiro atoms. The van der Waals surface area contributed by atoms with Crippen molar-refractivity contribution < 1.29 is 9.53 Å². The van der Waals surface area contributed by atoms with Crippen LogP contribution >= 0.6 is 11.8 Å². The fraction of sp³-hybridized carbons (Fsp3) is 0.167. The first-order chi connectivity index (χ1) is 11.6. The molecule has 24 heavy (non-hydrogen) atoms. The number of thioether (sulfide) groups is 1. The smallest absolute Gasteiger partial charge is 0.273 e. The fourth-order valence-corrected chi connectivity index (χ4v) is 3.58. The van der Waals surface area contributed by atoms with Crippen LogP contribution in [-0.4, -0.2) is 23.8 Å². The van der Waals surface area contributed by atoms with Gasteiger partial charge in [0.1, 0.15) is 11.4 Å². The van der Waals surface area contributed by atoms with E-state index in [4.69, 9.17) is 10.5 Å². The molecular weight excluding hydrogens is 322 g/mol. The Balaban J connectivity index is 2.10. The molecule has 1 aromatic heterocycles. The predicted molar refractivity (Wildman–Crippen MR) is 100 cm³/mol. The summed E-state index contributed by atoms with van der Waals surface area (Å²) in [6.07, 6.45) is 1.96. The minimum Gasteiger partial charge on any atom is -0.497 e. The van der Waals surface area contributed by atoms with Crippen LogP contribution in [0.1, 0.15) is 10.5 Å². The minimum atomic E-state index is -0.185. The molecule has 3 N–H and O–H groups in total. The lowest BCUT2D eigenvalue weighted by Gasteiger charge is -2.10. The summed E-state index contributed by atoms with van der Waals surface area (Å²) in [5, 5.41) is 3.90. The second kappa shape index (κ2) is 6.49. The Morgan fingerprint density at radius 3 is 2.67 bits per heavy atom. The number of aryl methyl sites for hydroxylation is 1. The van der Waals surface area contributed by atoms with Crippen molar-refractivity contribution in [3.05, 3.63) is 48.2 Å². The second-order valence-electron chi connectivity index (χ2n) is 5.37. The maximum absolute atomic E-state index is 12.9. The summed E-state index contributed by atoms with van der Waals surface area (Å²) in [7, 11) is 3.52. The Hall–Kier alpha value is -2.60. The first kappa shape index (κ1) is 16.3. The van der Waals surface area contributed by atoms with Gasteiger partial charge in [-0.2, -0.15) is 0 Å². The van der Waals surface area contributed by atoms with Crippen molar-refractivity contribution in [3.8, 4) is 5.75 Å². The van der Waals surface area contributed by atoms with Gasteiger partial charge in [-0.15, -0.1) is 11.8 Å². The number of nitrogens with zero attached hydrogens (tertiary/aromatic N) is 1. The Morgan fingerprint density at radius 2 is 2.00 bits per heavy atom. The summed E-state index contributed by atoms with van der Waals surface area (Å²) in [5.74, 6) is 0.581. The van der Waals surface area contributed by atoms with Crippen LogP contribution in [0.5, 0.6) is 5.75 Å². The van der Waals surface area contributed by atoms with Crippen LogP contribution in [0, 0.1) is 0 Å². The summed E-state index contributed by atoms with van der Waals surface area (Å²) in [5.41, 5.74) is 8.66. The van der Waals surface area contributed by atoms with Gasteiger partial charge in [-0.1, -0.05) is 12.1 Å². The molecule has 0 saturated carbocycles. The molecule has 0 bridgehead atoms. The summed E-state index contributed by atoms with van der Waals surface area (Å²) in [6, 6.07) is 13.0. The van der Waals surface area contributed by atoms with E-state index in [9.17, 15) is 4.79 Å². The third kappa shape index (κ3) is 2.69. The SMILES string of the molecule is COc1ccc2c(c1)c(SC)c(C(=O)Nc1ccccc1N)n2C. The van der Waals surface area contributed by atoms with Gasteiger partial charge in [-0.3, -0.25) is 4.79 Å². The predicted octanol–water partition coefficient (Wildman–Crippen LogP) is 3.74. The van der Waals surface area contributed by atoms with E-state index < -0.39 is 0 Å². The van der Waals surface area contributed by atoms with Crippen molar-refractivity contribution in [2.24, 2.45) is 7.05 Å². The maximum atomic E-state index is 12.9. The van der Waals surface area contributed by atoms with Gasteiger partial charge in [-0.25, -0.2) is 0 Å². The number of amides is 1. The van der Waals surface area contributed by atoms with E-state index in [1.54, 1.807) is 19.2 Å². The quantitative estimate of drug-likeness (QED) is 0.560. The van der Waals surface area contributed by atoms with Crippen molar-refractivity contribution in [2.75, 3.05) is 24.4 Å². The number of para-hydroxylation sites is 2. The van der Waals surface area contributed by atoms with Gasteiger partial charge >= 0.3 is 0 Å². The standard InChI is InChI=1S/C18H19N3O2S/c1-21-15-9-8-11(23-2)10-12(15)17(24-3)16(21)18(22)20-14-7-5-4-6-13(14)19/h4-10H,19H2,1-3H3,(H,20,22). The Labute approximate surface area is 144 Å². The molecular formula is C18H19N3O2S. The highest BCUT2D eigenvalue weighted by Crippen LogP contribution is 2.35. The van der Waals surface area contributed by atoms with Crippen LogP contribution in [0.15, 0.2) is 47.4 Å². The molecule has 6 heteroatoms. The summed E-state index contributed by atoms with van der Waals surface area (Å²) >= 11 is 1.54. The normalized spacial score (nSPS) is 10.8. The number of nitrogen functional groups attached to an aromatic ring is 1. The highest BCUT2D eigenvalue weighted by molar-refractivity contribution is 7.99. The van der Waals surface area contributed by atoms with Crippen molar-refractivity contribution in [1.29, 1.82) is 0 Å². The van der Waals surface area contributed by atoms with E-state index in [0.29, 0.717) is 17.1 Å². The summed E-state index contributed by atoms with van der Waals surface area (Å²) < 4.78 is 7.21. The molecule has 0 fully saturated rings. The van der Waals surface area contributed by atoms with Crippen LogP contribution in [0.3, 0.4) is 0 Å². The topological polar surface area (TPSA) is 69.3 Å². The van der Waals surface area contributed by atoms with Gasteiger partial charge in [-0.05, 0) is 36.6 Å². The Bertz CT molecular complexity index is 918. The second-order valence-corrected chi connectivity index (χ2v) is 6.18. The highest BCUT2D eigenvalue weighted by Gasteiger charge is 2.21. The lowest BCUT2D eigenvalue weighted by Crippen LogP contribution is -2.17. The van der Waals surface area contributed by atoms with E-state index in [1.165, 1.54) is 11.8 Å². The Kier molecular flexibility index (Phi) is 4.40. The molecule has 5 nitrogen and oxygen atoms in total. The van der Waals surface area contributed by atoms with Gasteiger partial charge < -0.3 is 20.4 Å². The van der Waals surface area contributed by atoms with E-state index in [-0.39, 0.29) is 5.91 Å². The number of methoxy groups -OCH3 is 1. The van der Waals surface area contributed by atoms with Crippen LogP contribution in [-0.2, 0) is 7.05 Å². The minimum absolute atomic E-state index is 0.185. The number of nitrogens with one attached hydrogen (secondary N) is 1. The molecule has 0 atom stereocenters. The molecule has 3 rings (SSSR count). The van der Waals surface area contributed by atoms with E-state index >= 15 is 0 Å². The van der Waals surface area contributed by atoms with Gasteiger partial charge in [0.05, 0.1) is 18.5 Å². The molecule has 0 saturated heterocycles. The summed E-state index contributed by atoms with van der Waals surface area (Å²) in [4.78, 5) is 13.8. The first-order valence-corrected chi connectivity index (χ1v) is 8.65. The number of hydrogen-bond donors (Lipinski definition) is 2. The lowest BCUT2D eigenvalue weighted by molar-refractivity contribution is 0.101. The summed E-state index contributed by atoms with van der Waals surface area (Å²) in [6.45, 7) is 0. The third-order valence-corrected chi connectivity index (χ3v) is 4.81. The number of rotatable bonds is 4. The van der Waals surface area contributed by atoms with Gasteiger partial charge in [0, 0.05) is 22.8 Å². The zero-order valence-corrected chi connectivity index (χ0v) is 14.6. The molecule has 0 aliphatic carbocycles. The molecule has 0 unspecified atom stereocenters. The molecule has 124 valence electrons. The van der Waals surface area contributed by atoms with Crippen LogP contribution in [0.25, 0.3) is 10.9 Å². The molecule has 2 aromatic carbocycles. The molecule has 0 aliphatic rings. The van der Waals surface area contributed by atoms with E-state index in [2.05, 4.69) is 5.32 Å². The van der Waals surface area contributed by atoms with Gasteiger partial charge in [0.2, 0.25) is 0 Å². The largest absolute Gasteiger partial charge is 0.497 e. The van der Waals surface area contributed by atoms with Crippen molar-refractivity contribution >= 4 is 39.9 Å². The average Bonchev–Trinajstić information content (AvgIpc) is 2.88. The zero-order chi connectivity index (χ0) is 17.3. The highest BCUT2D eigenvalue weighted by atomic mass is 32.2. The number of carbonyl (C=O) groups excluding carboxylic acids is 1. The third-order valence-electron chi connectivity index (χ3n) is 3.99. The number of hydrogen-bond acceptors (Lipinski definition) is 4.